The summed E-state index contributed by atoms with van der Waals surface area (Å²) in [4.78, 5) is 14.8. The number of nitrogens with zero attached hydrogens (tertiary/aromatic N) is 3. The summed E-state index contributed by atoms with van der Waals surface area (Å²) in [6.45, 7) is 7.37. The van der Waals surface area contributed by atoms with E-state index in [0.717, 1.165) is 24.2 Å². The van der Waals surface area contributed by atoms with Crippen molar-refractivity contribution in [2.45, 2.75) is 62.6 Å². The average molecular weight is 541 g/mol. The molecule has 0 spiro atoms. The lowest BCUT2D eigenvalue weighted by Gasteiger charge is -2.25. The molecule has 2 aromatic carbocycles. The Hall–Kier alpha value is -3.28. The molecule has 1 atom stereocenters. The Morgan fingerprint density at radius 1 is 1.08 bits per heavy atom. The highest BCUT2D eigenvalue weighted by Crippen LogP contribution is 2.36. The van der Waals surface area contributed by atoms with Crippen molar-refractivity contribution in [3.63, 3.8) is 0 Å². The van der Waals surface area contributed by atoms with Crippen LogP contribution in [0.25, 0.3) is 11.5 Å². The van der Waals surface area contributed by atoms with Gasteiger partial charge < -0.3 is 24.5 Å². The summed E-state index contributed by atoms with van der Waals surface area (Å²) in [6, 6.07) is 10.9. The Bertz CT molecular complexity index is 1420. The highest BCUT2D eigenvalue weighted by Gasteiger charge is 2.36. The zero-order valence-corrected chi connectivity index (χ0v) is 22.5. The molecule has 5 rings (SSSR count). The Morgan fingerprint density at radius 3 is 2.45 bits per heavy atom. The number of amides is 1. The monoisotopic (exact) mass is 540 g/mol. The SMILES string of the molecule is CC(C)(C)c1nnc(-c2ccc3c(c2)N(Cc2ccc(OC4CCOCC4)cc2)C(=O)[C@@H](N)CS3(=O)=O)o1. The van der Waals surface area contributed by atoms with Gasteiger partial charge in [0.1, 0.15) is 11.9 Å². The van der Waals surface area contributed by atoms with Crippen molar-refractivity contribution in [2.24, 2.45) is 5.73 Å². The van der Waals surface area contributed by atoms with Crippen LogP contribution in [0.1, 0.15) is 45.1 Å². The molecule has 0 radical (unpaired) electrons. The van der Waals surface area contributed by atoms with Crippen LogP contribution in [0.4, 0.5) is 5.69 Å². The molecule has 2 N–H and O–H groups in total. The number of sulfone groups is 1. The summed E-state index contributed by atoms with van der Waals surface area (Å²) >= 11 is 0. The molecule has 38 heavy (non-hydrogen) atoms. The Kier molecular flexibility index (Phi) is 7.01. The molecule has 11 heteroatoms. The second kappa shape index (κ2) is 10.1. The van der Waals surface area contributed by atoms with Crippen molar-refractivity contribution in [2.75, 3.05) is 23.9 Å². The lowest BCUT2D eigenvalue weighted by atomic mass is 9.97. The number of fused-ring (bicyclic) bond motifs is 1. The van der Waals surface area contributed by atoms with Crippen molar-refractivity contribution >= 4 is 21.4 Å². The van der Waals surface area contributed by atoms with Crippen molar-refractivity contribution in [1.82, 2.24) is 10.2 Å². The fraction of sp³-hybridized carbons (Fsp3) is 0.444. The maximum absolute atomic E-state index is 13.4. The van der Waals surface area contributed by atoms with E-state index in [0.29, 0.717) is 24.7 Å². The van der Waals surface area contributed by atoms with Crippen LogP contribution >= 0.6 is 0 Å². The fourth-order valence-electron chi connectivity index (χ4n) is 4.49. The summed E-state index contributed by atoms with van der Waals surface area (Å²) < 4.78 is 43.6. The van der Waals surface area contributed by atoms with Gasteiger partial charge in [0.25, 0.3) is 0 Å². The molecule has 0 unspecified atom stereocenters. The molecule has 202 valence electrons. The molecule has 1 saturated heterocycles. The Labute approximate surface area is 222 Å². The lowest BCUT2D eigenvalue weighted by molar-refractivity contribution is -0.119. The van der Waals surface area contributed by atoms with E-state index in [2.05, 4.69) is 10.2 Å². The van der Waals surface area contributed by atoms with E-state index in [1.165, 1.54) is 11.0 Å². The van der Waals surface area contributed by atoms with Crippen LogP contribution in [0.5, 0.6) is 5.75 Å². The van der Waals surface area contributed by atoms with Gasteiger partial charge in [-0.1, -0.05) is 32.9 Å². The summed E-state index contributed by atoms with van der Waals surface area (Å²) in [5.74, 6) is 0.476. The quantitative estimate of drug-likeness (QED) is 0.517. The minimum Gasteiger partial charge on any atom is -0.490 e. The first kappa shape index (κ1) is 26.3. The molecule has 1 fully saturated rings. The van der Waals surface area contributed by atoms with Gasteiger partial charge in [0.05, 0.1) is 42.1 Å². The molecular weight excluding hydrogens is 508 g/mol. The topological polar surface area (TPSA) is 138 Å². The molecule has 3 aromatic rings. The molecule has 1 aromatic heterocycles. The number of aromatic nitrogens is 2. The number of anilines is 1. The van der Waals surface area contributed by atoms with E-state index < -0.39 is 27.5 Å². The van der Waals surface area contributed by atoms with E-state index in [-0.39, 0.29) is 34.5 Å². The smallest absolute Gasteiger partial charge is 0.247 e. The number of hydrogen-bond acceptors (Lipinski definition) is 9. The van der Waals surface area contributed by atoms with Crippen LogP contribution in [0.2, 0.25) is 0 Å². The van der Waals surface area contributed by atoms with Crippen molar-refractivity contribution in [1.29, 1.82) is 0 Å². The fourth-order valence-corrected chi connectivity index (χ4v) is 6.05. The van der Waals surface area contributed by atoms with Crippen LogP contribution in [-0.4, -0.2) is 55.6 Å². The predicted octanol–water partition coefficient (Wildman–Crippen LogP) is 3.24. The maximum Gasteiger partial charge on any atom is 0.247 e. The molecule has 3 heterocycles. The van der Waals surface area contributed by atoms with Gasteiger partial charge in [-0.2, -0.15) is 0 Å². The number of ether oxygens (including phenoxy) is 2. The maximum atomic E-state index is 13.4. The number of rotatable bonds is 5. The highest BCUT2D eigenvalue weighted by atomic mass is 32.2. The molecule has 0 saturated carbocycles. The molecule has 2 aliphatic rings. The molecule has 0 aliphatic carbocycles. The molecule has 2 aliphatic heterocycles. The van der Waals surface area contributed by atoms with Crippen molar-refractivity contribution in [3.8, 4) is 17.2 Å². The number of nitrogens with two attached hydrogens (primary N) is 1. The molecule has 0 bridgehead atoms. The van der Waals surface area contributed by atoms with E-state index in [9.17, 15) is 13.2 Å². The van der Waals surface area contributed by atoms with Gasteiger partial charge in [0.2, 0.25) is 17.7 Å². The van der Waals surface area contributed by atoms with E-state index in [1.807, 2.05) is 45.0 Å². The van der Waals surface area contributed by atoms with Gasteiger partial charge in [-0.15, -0.1) is 10.2 Å². The number of hydrogen-bond donors (Lipinski definition) is 1. The zero-order chi connectivity index (χ0) is 27.1. The zero-order valence-electron chi connectivity index (χ0n) is 21.7. The average Bonchev–Trinajstić information content (AvgIpc) is 3.37. The normalized spacial score (nSPS) is 20.2. The summed E-state index contributed by atoms with van der Waals surface area (Å²) in [7, 11) is -3.81. The first-order valence-corrected chi connectivity index (χ1v) is 14.3. The molecule has 1 amide bonds. The minimum atomic E-state index is -3.81. The third kappa shape index (κ3) is 5.45. The van der Waals surface area contributed by atoms with Crippen molar-refractivity contribution < 1.29 is 27.1 Å². The predicted molar refractivity (Wildman–Crippen MR) is 141 cm³/mol. The first-order chi connectivity index (χ1) is 18.0. The number of benzene rings is 2. The van der Waals surface area contributed by atoms with Gasteiger partial charge in [0.15, 0.2) is 9.84 Å². The highest BCUT2D eigenvalue weighted by molar-refractivity contribution is 7.91. The van der Waals surface area contributed by atoms with Gasteiger partial charge in [0, 0.05) is 23.8 Å². The van der Waals surface area contributed by atoms with Gasteiger partial charge in [-0.3, -0.25) is 4.79 Å². The lowest BCUT2D eigenvalue weighted by Crippen LogP contribution is -2.45. The largest absolute Gasteiger partial charge is 0.490 e. The summed E-state index contributed by atoms with van der Waals surface area (Å²) in [6.07, 6.45) is 1.79. The second-order valence-electron chi connectivity index (χ2n) is 10.7. The van der Waals surface area contributed by atoms with Crippen LogP contribution in [0.3, 0.4) is 0 Å². The number of carbonyl (C=O) groups excluding carboxylic acids is 1. The van der Waals surface area contributed by atoms with Gasteiger partial charge in [-0.05, 0) is 35.9 Å². The Balaban J connectivity index is 1.47. The van der Waals surface area contributed by atoms with E-state index in [1.54, 1.807) is 12.1 Å². The van der Waals surface area contributed by atoms with Crippen LogP contribution in [0.15, 0.2) is 51.8 Å². The number of carbonyl (C=O) groups is 1. The first-order valence-electron chi connectivity index (χ1n) is 12.6. The standard InChI is InChI=1S/C27H32N4O6S/c1-27(2,3)26-30-29-24(37-26)18-6-9-23-22(14-18)31(25(32)21(28)16-38(23,33)34)15-17-4-7-19(8-5-17)36-20-10-12-35-13-11-20/h4-9,14,20-21H,10-13,15-16,28H2,1-3H3/t21-/m0/s1. The van der Waals surface area contributed by atoms with E-state index >= 15 is 0 Å². The van der Waals surface area contributed by atoms with Crippen molar-refractivity contribution in [3.05, 3.63) is 53.9 Å². The third-order valence-electron chi connectivity index (χ3n) is 6.62. The third-order valence-corrected chi connectivity index (χ3v) is 8.43. The molecule has 10 nitrogen and oxygen atoms in total. The van der Waals surface area contributed by atoms with Crippen LogP contribution in [0, 0.1) is 0 Å². The Morgan fingerprint density at radius 2 is 1.79 bits per heavy atom. The summed E-state index contributed by atoms with van der Waals surface area (Å²) in [5.41, 5.74) is 7.26. The summed E-state index contributed by atoms with van der Waals surface area (Å²) in [5, 5.41) is 8.28. The van der Waals surface area contributed by atoms with Gasteiger partial charge >= 0.3 is 0 Å². The minimum absolute atomic E-state index is 0.0394. The second-order valence-corrected chi connectivity index (χ2v) is 12.7. The molecular formula is C27H32N4O6S. The van der Waals surface area contributed by atoms with Crippen LogP contribution in [-0.2, 0) is 31.3 Å². The van der Waals surface area contributed by atoms with E-state index in [4.69, 9.17) is 19.6 Å². The van der Waals surface area contributed by atoms with Gasteiger partial charge in [-0.25, -0.2) is 8.42 Å². The van der Waals surface area contributed by atoms with Crippen LogP contribution < -0.4 is 15.4 Å².